The Morgan fingerprint density at radius 1 is 1.15 bits per heavy atom. The number of aromatic nitrogens is 1. The molecule has 2 amide bonds. The Morgan fingerprint density at radius 2 is 1.78 bits per heavy atom. The summed E-state index contributed by atoms with van der Waals surface area (Å²) in [5, 5.41) is 1.25. The molecule has 5 heteroatoms. The van der Waals surface area contributed by atoms with Gasteiger partial charge in [0.15, 0.2) is 0 Å². The Labute approximate surface area is 160 Å². The summed E-state index contributed by atoms with van der Waals surface area (Å²) in [5.41, 5.74) is 3.54. The van der Waals surface area contributed by atoms with Crippen LogP contribution in [0.5, 0.6) is 5.75 Å². The number of nitrogens with zero attached hydrogens (tertiary/aromatic N) is 1. The molecule has 2 N–H and O–H groups in total. The van der Waals surface area contributed by atoms with Gasteiger partial charge >= 0.3 is 11.8 Å². The maximum Gasteiger partial charge on any atom is 0.324 e. The second kappa shape index (κ2) is 7.61. The van der Waals surface area contributed by atoms with Gasteiger partial charge in [0.1, 0.15) is 11.2 Å². The van der Waals surface area contributed by atoms with E-state index in [4.69, 9.17) is 4.74 Å². The Morgan fingerprint density at radius 3 is 2.33 bits per heavy atom. The zero-order valence-electron chi connectivity index (χ0n) is 16.4. The number of carbonyl (C=O) groups is 2. The van der Waals surface area contributed by atoms with E-state index in [1.807, 2.05) is 39.8 Å². The maximum absolute atomic E-state index is 12.2. The minimum absolute atomic E-state index is 0.000712. The summed E-state index contributed by atoms with van der Waals surface area (Å²) in [4.78, 5) is 28.2. The molecule has 3 rings (SSSR count). The van der Waals surface area contributed by atoms with Crippen molar-refractivity contribution in [2.45, 2.75) is 46.5 Å². The number of hydrogen-bond donors (Lipinski definition) is 1. The van der Waals surface area contributed by atoms with Gasteiger partial charge in [0, 0.05) is 29.9 Å². The van der Waals surface area contributed by atoms with Crippen molar-refractivity contribution in [3.8, 4) is 5.75 Å². The second-order valence-corrected chi connectivity index (χ2v) is 7.72. The molecule has 142 valence electrons. The summed E-state index contributed by atoms with van der Waals surface area (Å²) in [5.74, 6) is 0.727. The minimum Gasteiger partial charge on any atom is -0.493 e. The molecule has 1 fully saturated rings. The lowest BCUT2D eigenvalue weighted by molar-refractivity contribution is -0.480. The van der Waals surface area contributed by atoms with Gasteiger partial charge in [0.05, 0.1) is 13.0 Å². The van der Waals surface area contributed by atoms with Crippen molar-refractivity contribution in [3.63, 3.8) is 0 Å². The number of benzene rings is 1. The van der Waals surface area contributed by atoms with Crippen LogP contribution in [0.15, 0.2) is 36.4 Å². The number of imide groups is 1. The van der Waals surface area contributed by atoms with E-state index >= 15 is 0 Å². The van der Waals surface area contributed by atoms with E-state index in [0.29, 0.717) is 13.0 Å². The lowest BCUT2D eigenvalue weighted by Crippen LogP contribution is -2.89. The summed E-state index contributed by atoms with van der Waals surface area (Å²) in [6, 6.07) is 12.1. The van der Waals surface area contributed by atoms with Gasteiger partial charge in [0.25, 0.3) is 0 Å². The first-order valence-electron chi connectivity index (χ1n) is 9.37. The predicted molar refractivity (Wildman–Crippen MR) is 102 cm³/mol. The number of quaternary nitrogens is 1. The van der Waals surface area contributed by atoms with Crippen molar-refractivity contribution >= 4 is 11.8 Å². The molecule has 1 aromatic heterocycles. The molecule has 2 unspecified atom stereocenters. The maximum atomic E-state index is 12.2. The molecule has 0 radical (unpaired) electrons. The largest absolute Gasteiger partial charge is 0.493 e. The highest BCUT2D eigenvalue weighted by Gasteiger charge is 2.51. The van der Waals surface area contributed by atoms with Gasteiger partial charge in [-0.2, -0.15) is 0 Å². The first-order chi connectivity index (χ1) is 12.8. The predicted octanol–water partition coefficient (Wildman–Crippen LogP) is 2.45. The summed E-state index contributed by atoms with van der Waals surface area (Å²) in [7, 11) is 0. The molecule has 2 aromatic rings. The van der Waals surface area contributed by atoms with Gasteiger partial charge in [-0.3, -0.25) is 4.98 Å². The molecular weight excluding hydrogens is 340 g/mol. The lowest BCUT2D eigenvalue weighted by Gasteiger charge is -2.25. The van der Waals surface area contributed by atoms with E-state index in [1.54, 1.807) is 0 Å². The van der Waals surface area contributed by atoms with E-state index in [-0.39, 0.29) is 17.7 Å². The molecule has 0 saturated carbocycles. The highest BCUT2D eigenvalue weighted by atomic mass is 16.5. The number of pyridine rings is 1. The first kappa shape index (κ1) is 19.2. The van der Waals surface area contributed by atoms with E-state index in [9.17, 15) is 9.59 Å². The van der Waals surface area contributed by atoms with Crippen molar-refractivity contribution in [1.82, 2.24) is 4.98 Å². The molecule has 1 saturated heterocycles. The van der Waals surface area contributed by atoms with Crippen LogP contribution < -0.4 is 10.1 Å². The molecule has 2 atom stereocenters. The molecule has 0 spiro atoms. The number of nitrogens with two attached hydrogens (primary N) is 1. The van der Waals surface area contributed by atoms with Crippen LogP contribution in [0.3, 0.4) is 0 Å². The van der Waals surface area contributed by atoms with Gasteiger partial charge in [-0.1, -0.05) is 31.2 Å². The third kappa shape index (κ3) is 4.25. The van der Waals surface area contributed by atoms with Crippen LogP contribution in [0.2, 0.25) is 0 Å². The topological polar surface area (TPSA) is 72.9 Å². The van der Waals surface area contributed by atoms with Crippen LogP contribution in [0.1, 0.15) is 48.7 Å². The number of rotatable bonds is 6. The van der Waals surface area contributed by atoms with Crippen LogP contribution in [0, 0.1) is 19.3 Å². The van der Waals surface area contributed by atoms with Crippen LogP contribution >= 0.6 is 0 Å². The fourth-order valence-electron chi connectivity index (χ4n) is 3.68. The third-order valence-electron chi connectivity index (χ3n) is 5.55. The van der Waals surface area contributed by atoms with Gasteiger partial charge in [-0.05, 0) is 37.8 Å². The number of ether oxygens (including phenoxy) is 1. The van der Waals surface area contributed by atoms with Crippen molar-refractivity contribution in [1.29, 1.82) is 0 Å². The molecule has 5 nitrogen and oxygen atoms in total. The zero-order chi connectivity index (χ0) is 19.6. The SMILES string of the molecule is Cc1cc(OCCc2ccc(C(C)C3(C)CC(=O)[NH2+]C3=O)cc2)cc(C)n1. The summed E-state index contributed by atoms with van der Waals surface area (Å²) in [6.07, 6.45) is 1.10. The van der Waals surface area contributed by atoms with E-state index < -0.39 is 5.41 Å². The Bertz CT molecular complexity index is 840. The highest BCUT2D eigenvalue weighted by molar-refractivity contribution is 5.92. The number of amides is 2. The summed E-state index contributed by atoms with van der Waals surface area (Å²) < 4.78 is 5.85. The fourth-order valence-corrected chi connectivity index (χ4v) is 3.68. The van der Waals surface area contributed by atoms with Crippen molar-refractivity contribution in [2.24, 2.45) is 5.41 Å². The smallest absolute Gasteiger partial charge is 0.324 e. The summed E-state index contributed by atoms with van der Waals surface area (Å²) >= 11 is 0. The zero-order valence-corrected chi connectivity index (χ0v) is 16.4. The van der Waals surface area contributed by atoms with Gasteiger partial charge in [-0.15, -0.1) is 0 Å². The number of hydrogen-bond acceptors (Lipinski definition) is 4. The van der Waals surface area contributed by atoms with Gasteiger partial charge < -0.3 is 4.74 Å². The Kier molecular flexibility index (Phi) is 5.42. The molecule has 1 aliphatic rings. The molecule has 2 heterocycles. The van der Waals surface area contributed by atoms with Crippen molar-refractivity contribution in [3.05, 3.63) is 58.9 Å². The summed E-state index contributed by atoms with van der Waals surface area (Å²) in [6.45, 7) is 8.43. The van der Waals surface area contributed by atoms with Gasteiger partial charge in [-0.25, -0.2) is 14.9 Å². The molecular formula is C22H27N2O3+. The lowest BCUT2D eigenvalue weighted by atomic mass is 9.73. The number of carbonyl (C=O) groups excluding carboxylic acids is 2. The fraction of sp³-hybridized carbons (Fsp3) is 0.409. The quantitative estimate of drug-likeness (QED) is 0.796. The monoisotopic (exact) mass is 367 g/mol. The Hall–Kier alpha value is -2.53. The number of aryl methyl sites for hydroxylation is 2. The standard InChI is InChI=1S/C22H26N2O3/c1-14-11-19(12-15(2)23-14)27-10-9-17-5-7-18(8-6-17)16(3)22(4)13-20(25)24-21(22)26/h5-8,11-12,16H,9-10,13H2,1-4H3,(H,24,25,26)/p+1. The molecule has 1 aromatic carbocycles. The molecule has 0 aliphatic carbocycles. The van der Waals surface area contributed by atoms with Gasteiger partial charge in [0.2, 0.25) is 0 Å². The molecule has 0 bridgehead atoms. The van der Waals surface area contributed by atoms with E-state index in [2.05, 4.69) is 29.2 Å². The minimum atomic E-state index is -0.626. The number of primary amides is 2. The van der Waals surface area contributed by atoms with Crippen LogP contribution in [0.25, 0.3) is 0 Å². The Balaban J connectivity index is 1.60. The average Bonchev–Trinajstić information content (AvgIpc) is 2.87. The van der Waals surface area contributed by atoms with Crippen LogP contribution in [-0.4, -0.2) is 23.4 Å². The third-order valence-corrected chi connectivity index (χ3v) is 5.55. The van der Waals surface area contributed by atoms with E-state index in [1.165, 1.54) is 10.9 Å². The first-order valence-corrected chi connectivity index (χ1v) is 9.37. The highest BCUT2D eigenvalue weighted by Crippen LogP contribution is 2.39. The normalized spacial score (nSPS) is 20.7. The molecule has 1 aliphatic heterocycles. The van der Waals surface area contributed by atoms with Crippen molar-refractivity contribution in [2.75, 3.05) is 6.61 Å². The van der Waals surface area contributed by atoms with E-state index in [0.717, 1.165) is 29.1 Å². The van der Waals surface area contributed by atoms with Crippen LogP contribution in [0.4, 0.5) is 0 Å². The van der Waals surface area contributed by atoms with Crippen molar-refractivity contribution < 1.29 is 19.6 Å². The average molecular weight is 367 g/mol. The second-order valence-electron chi connectivity index (χ2n) is 7.72. The molecule has 27 heavy (non-hydrogen) atoms. The van der Waals surface area contributed by atoms with Crippen LogP contribution in [-0.2, 0) is 16.0 Å².